The molecule has 1 N–H and O–H groups in total. The van der Waals surface area contributed by atoms with Crippen molar-refractivity contribution in [2.75, 3.05) is 5.32 Å². The molecule has 0 aliphatic heterocycles. The maximum Gasteiger partial charge on any atom is 0.289 e. The van der Waals surface area contributed by atoms with Crippen molar-refractivity contribution in [1.29, 1.82) is 0 Å². The number of pyridine rings is 1. The highest BCUT2D eigenvalue weighted by Gasteiger charge is 2.24. The fraction of sp³-hybridized carbons (Fsp3) is 0.0500. The first-order valence-electron chi connectivity index (χ1n) is 8.90. The summed E-state index contributed by atoms with van der Waals surface area (Å²) in [4.78, 5) is 41.8. The molecule has 0 atom stereocenters. The number of anilines is 1. The number of amides is 1. The molecule has 1 amide bonds. The Bertz CT molecular complexity index is 1330. The number of carbonyl (C=O) groups excluding carboxylic acids is 1. The number of nitrogens with zero attached hydrogens (tertiary/aromatic N) is 4. The zero-order valence-corrected chi connectivity index (χ0v) is 15.9. The predicted molar refractivity (Wildman–Crippen MR) is 110 cm³/mol. The summed E-state index contributed by atoms with van der Waals surface area (Å²) in [6, 6.07) is 11.4. The van der Waals surface area contributed by atoms with Gasteiger partial charge in [-0.05, 0) is 42.8 Å². The van der Waals surface area contributed by atoms with Gasteiger partial charge in [-0.1, -0.05) is 6.07 Å². The molecule has 0 saturated heterocycles. The Hall–Kier alpha value is -4.67. The summed E-state index contributed by atoms with van der Waals surface area (Å²) in [6.07, 6.45) is 1.59. The van der Waals surface area contributed by atoms with Crippen molar-refractivity contribution < 1.29 is 19.1 Å². The van der Waals surface area contributed by atoms with Gasteiger partial charge in [-0.2, -0.15) is 4.98 Å². The molecule has 0 aliphatic rings. The smallest absolute Gasteiger partial charge is 0.289 e. The Morgan fingerprint density at radius 3 is 2.58 bits per heavy atom. The number of hydrogen-bond acceptors (Lipinski definition) is 8. The van der Waals surface area contributed by atoms with Crippen LogP contribution in [0, 0.1) is 27.2 Å². The highest BCUT2D eigenvalue weighted by molar-refractivity contribution is 6.07. The fourth-order valence-corrected chi connectivity index (χ4v) is 2.95. The van der Waals surface area contributed by atoms with E-state index in [1.54, 1.807) is 43.5 Å². The van der Waals surface area contributed by atoms with Crippen LogP contribution < -0.4 is 5.32 Å². The molecule has 31 heavy (non-hydrogen) atoms. The second kappa shape index (κ2) is 7.63. The SMILES string of the molecule is Cc1ccc(-c2nc3ncccc3o2)cc1NC(=O)c1ccc([N+](=O)[O-])cc1[N+](=O)[O-]. The van der Waals surface area contributed by atoms with Crippen molar-refractivity contribution in [2.45, 2.75) is 6.92 Å². The van der Waals surface area contributed by atoms with Gasteiger partial charge in [-0.25, -0.2) is 4.98 Å². The molecule has 2 heterocycles. The minimum Gasteiger partial charge on any atom is -0.434 e. The second-order valence-corrected chi connectivity index (χ2v) is 6.54. The third-order valence-corrected chi connectivity index (χ3v) is 4.53. The van der Waals surface area contributed by atoms with Crippen molar-refractivity contribution in [2.24, 2.45) is 0 Å². The molecule has 4 rings (SSSR count). The minimum atomic E-state index is -0.837. The van der Waals surface area contributed by atoms with Crippen molar-refractivity contribution in [3.63, 3.8) is 0 Å². The number of aromatic nitrogens is 2. The van der Waals surface area contributed by atoms with Crippen LogP contribution in [0.15, 0.2) is 59.1 Å². The lowest BCUT2D eigenvalue weighted by Gasteiger charge is -2.10. The number of aryl methyl sites for hydroxylation is 1. The van der Waals surface area contributed by atoms with Crippen LogP contribution in [-0.4, -0.2) is 25.7 Å². The molecule has 2 aromatic carbocycles. The summed E-state index contributed by atoms with van der Waals surface area (Å²) in [5, 5.41) is 24.8. The van der Waals surface area contributed by atoms with E-state index in [1.165, 1.54) is 0 Å². The lowest BCUT2D eigenvalue weighted by atomic mass is 10.1. The number of rotatable bonds is 5. The highest BCUT2D eigenvalue weighted by atomic mass is 16.6. The summed E-state index contributed by atoms with van der Waals surface area (Å²) >= 11 is 0. The van der Waals surface area contributed by atoms with Gasteiger partial charge in [0.2, 0.25) is 5.89 Å². The predicted octanol–water partition coefficient (Wildman–Crippen LogP) is 4.27. The quantitative estimate of drug-likeness (QED) is 0.371. The van der Waals surface area contributed by atoms with E-state index in [9.17, 15) is 25.0 Å². The van der Waals surface area contributed by atoms with E-state index in [0.29, 0.717) is 33.9 Å². The number of nitro groups is 2. The van der Waals surface area contributed by atoms with Crippen LogP contribution in [0.25, 0.3) is 22.7 Å². The van der Waals surface area contributed by atoms with Crippen LogP contribution in [0.1, 0.15) is 15.9 Å². The van der Waals surface area contributed by atoms with Gasteiger partial charge in [0.1, 0.15) is 5.56 Å². The van der Waals surface area contributed by atoms with E-state index >= 15 is 0 Å². The molecule has 0 unspecified atom stereocenters. The zero-order chi connectivity index (χ0) is 22.1. The molecule has 0 spiro atoms. The molecule has 0 radical (unpaired) electrons. The average Bonchev–Trinajstić information content (AvgIpc) is 3.19. The van der Waals surface area contributed by atoms with E-state index in [2.05, 4.69) is 15.3 Å². The van der Waals surface area contributed by atoms with Gasteiger partial charge in [-0.3, -0.25) is 25.0 Å². The minimum absolute atomic E-state index is 0.297. The van der Waals surface area contributed by atoms with E-state index in [1.807, 2.05) is 0 Å². The van der Waals surface area contributed by atoms with Gasteiger partial charge < -0.3 is 9.73 Å². The number of hydrogen-bond donors (Lipinski definition) is 1. The van der Waals surface area contributed by atoms with Crippen LogP contribution in [0.4, 0.5) is 17.1 Å². The molecule has 0 saturated carbocycles. The van der Waals surface area contributed by atoms with Crippen LogP contribution in [0.3, 0.4) is 0 Å². The first-order chi connectivity index (χ1) is 14.8. The van der Waals surface area contributed by atoms with Crippen molar-refractivity contribution in [3.05, 3.63) is 86.1 Å². The van der Waals surface area contributed by atoms with E-state index in [0.717, 1.165) is 18.2 Å². The Labute approximate surface area is 173 Å². The standard InChI is InChI=1S/C20H13N5O6/c1-11-4-5-12(20-23-18-17(31-20)3-2-8-21-18)9-15(11)22-19(26)14-7-6-13(24(27)28)10-16(14)25(29)30/h2-10H,1H3,(H,22,26). The van der Waals surface area contributed by atoms with Crippen molar-refractivity contribution in [1.82, 2.24) is 9.97 Å². The molecule has 154 valence electrons. The Morgan fingerprint density at radius 1 is 1.06 bits per heavy atom. The van der Waals surface area contributed by atoms with Crippen LogP contribution in [0.2, 0.25) is 0 Å². The molecule has 11 nitrogen and oxygen atoms in total. The summed E-state index contributed by atoms with van der Waals surface area (Å²) in [6.45, 7) is 1.75. The second-order valence-electron chi connectivity index (χ2n) is 6.54. The summed E-state index contributed by atoms with van der Waals surface area (Å²) in [7, 11) is 0. The van der Waals surface area contributed by atoms with Crippen LogP contribution in [-0.2, 0) is 0 Å². The average molecular weight is 419 g/mol. The van der Waals surface area contributed by atoms with Gasteiger partial charge in [0, 0.05) is 23.5 Å². The molecule has 4 aromatic rings. The monoisotopic (exact) mass is 419 g/mol. The van der Waals surface area contributed by atoms with Crippen LogP contribution in [0.5, 0.6) is 0 Å². The lowest BCUT2D eigenvalue weighted by Crippen LogP contribution is -2.15. The maximum atomic E-state index is 12.7. The first-order valence-corrected chi connectivity index (χ1v) is 8.90. The molecule has 0 bridgehead atoms. The zero-order valence-electron chi connectivity index (χ0n) is 15.9. The summed E-state index contributed by atoms with van der Waals surface area (Å²) in [5.41, 5.74) is 1.14. The maximum absolute atomic E-state index is 12.7. The number of nitro benzene ring substituents is 2. The van der Waals surface area contributed by atoms with Crippen LogP contribution >= 0.6 is 0 Å². The normalized spacial score (nSPS) is 10.7. The summed E-state index contributed by atoms with van der Waals surface area (Å²) in [5.74, 6) is -0.480. The largest absolute Gasteiger partial charge is 0.434 e. The van der Waals surface area contributed by atoms with Gasteiger partial charge in [0.05, 0.1) is 15.9 Å². The molecule has 0 aliphatic carbocycles. The van der Waals surface area contributed by atoms with E-state index < -0.39 is 27.1 Å². The van der Waals surface area contributed by atoms with Crippen molar-refractivity contribution >= 4 is 34.2 Å². The number of benzene rings is 2. The third kappa shape index (κ3) is 3.79. The lowest BCUT2D eigenvalue weighted by molar-refractivity contribution is -0.394. The van der Waals surface area contributed by atoms with E-state index in [-0.39, 0.29) is 5.56 Å². The Kier molecular flexibility index (Phi) is 4.83. The Morgan fingerprint density at radius 2 is 1.87 bits per heavy atom. The van der Waals surface area contributed by atoms with E-state index in [4.69, 9.17) is 4.42 Å². The highest BCUT2D eigenvalue weighted by Crippen LogP contribution is 2.29. The van der Waals surface area contributed by atoms with Gasteiger partial charge in [0.15, 0.2) is 11.2 Å². The van der Waals surface area contributed by atoms with Gasteiger partial charge in [-0.15, -0.1) is 0 Å². The number of oxazole rings is 1. The Balaban J connectivity index is 1.68. The third-order valence-electron chi connectivity index (χ3n) is 4.53. The first kappa shape index (κ1) is 19.6. The van der Waals surface area contributed by atoms with Gasteiger partial charge in [0.25, 0.3) is 17.3 Å². The topological polar surface area (TPSA) is 154 Å². The molecule has 0 fully saturated rings. The summed E-state index contributed by atoms with van der Waals surface area (Å²) < 4.78 is 5.69. The molecular formula is C20H13N5O6. The molecule has 11 heteroatoms. The van der Waals surface area contributed by atoms with Gasteiger partial charge >= 0.3 is 0 Å². The number of fused-ring (bicyclic) bond motifs is 1. The molecule has 2 aromatic heterocycles. The molecular weight excluding hydrogens is 406 g/mol. The number of nitrogens with one attached hydrogen (secondary N) is 1. The number of carbonyl (C=O) groups is 1. The number of non-ortho nitro benzene ring substituents is 1. The fourth-order valence-electron chi connectivity index (χ4n) is 2.95. The van der Waals surface area contributed by atoms with Crippen molar-refractivity contribution in [3.8, 4) is 11.5 Å².